The summed E-state index contributed by atoms with van der Waals surface area (Å²) in [5.74, 6) is 0.183. The molecule has 0 saturated carbocycles. The molecule has 0 aliphatic rings. The van der Waals surface area contributed by atoms with Crippen LogP contribution in [0.2, 0.25) is 0 Å². The van der Waals surface area contributed by atoms with Gasteiger partial charge in [0.15, 0.2) is 9.68 Å². The molecule has 2 rings (SSSR count). The van der Waals surface area contributed by atoms with Gasteiger partial charge < -0.3 is 9.15 Å². The smallest absolute Gasteiger partial charge is 0.350 e. The lowest BCUT2D eigenvalue weighted by Crippen LogP contribution is -2.03. The van der Waals surface area contributed by atoms with Crippen LogP contribution in [0.5, 0.6) is 0 Å². The number of hydrogen-bond acceptors (Lipinski definition) is 5. The summed E-state index contributed by atoms with van der Waals surface area (Å²) in [4.78, 5) is 16.3. The van der Waals surface area contributed by atoms with Crippen molar-refractivity contribution in [1.29, 1.82) is 0 Å². The van der Waals surface area contributed by atoms with Crippen LogP contribution in [0.1, 0.15) is 16.6 Å². The normalized spacial score (nSPS) is 10.4. The predicted octanol–water partition coefficient (Wildman–Crippen LogP) is 3.34. The van der Waals surface area contributed by atoms with Gasteiger partial charge in [0.25, 0.3) is 0 Å². The van der Waals surface area contributed by atoms with Crippen LogP contribution in [0.3, 0.4) is 0 Å². The predicted molar refractivity (Wildman–Crippen MR) is 63.5 cm³/mol. The van der Waals surface area contributed by atoms with Crippen molar-refractivity contribution in [3.8, 4) is 11.5 Å². The fourth-order valence-corrected chi connectivity index (χ4v) is 2.56. The Balaban J connectivity index is 2.42. The minimum absolute atomic E-state index is 0.339. The van der Waals surface area contributed by atoms with Gasteiger partial charge in [-0.2, -0.15) is 0 Å². The highest BCUT2D eigenvalue weighted by Crippen LogP contribution is 2.31. The zero-order valence-corrected chi connectivity index (χ0v) is 10.8. The van der Waals surface area contributed by atoms with Gasteiger partial charge in [0, 0.05) is 0 Å². The second kappa shape index (κ2) is 4.80. The van der Waals surface area contributed by atoms with Gasteiger partial charge in [-0.05, 0) is 35.0 Å². The maximum atomic E-state index is 11.7. The Morgan fingerprint density at radius 1 is 1.69 bits per heavy atom. The van der Waals surface area contributed by atoms with Crippen molar-refractivity contribution < 1.29 is 13.9 Å². The maximum Gasteiger partial charge on any atom is 0.350 e. The molecule has 2 aromatic rings. The van der Waals surface area contributed by atoms with Gasteiger partial charge in [-0.25, -0.2) is 9.78 Å². The van der Waals surface area contributed by atoms with Crippen LogP contribution in [0, 0.1) is 0 Å². The van der Waals surface area contributed by atoms with Crippen LogP contribution in [0.4, 0.5) is 0 Å². The van der Waals surface area contributed by atoms with Gasteiger partial charge in [-0.1, -0.05) is 11.3 Å². The van der Waals surface area contributed by atoms with Crippen molar-refractivity contribution >= 4 is 33.2 Å². The summed E-state index contributed by atoms with van der Waals surface area (Å²) in [6, 6.07) is 3.50. The molecule has 0 unspecified atom stereocenters. The van der Waals surface area contributed by atoms with E-state index in [1.54, 1.807) is 19.1 Å². The Hall–Kier alpha value is -1.14. The Bertz CT molecular complexity index is 492. The maximum absolute atomic E-state index is 11.7. The van der Waals surface area contributed by atoms with Crippen molar-refractivity contribution in [2.45, 2.75) is 6.92 Å². The van der Waals surface area contributed by atoms with E-state index in [2.05, 4.69) is 20.9 Å². The largest absolute Gasteiger partial charge is 0.463 e. The highest BCUT2D eigenvalue weighted by atomic mass is 79.9. The first kappa shape index (κ1) is 11.3. The highest BCUT2D eigenvalue weighted by Gasteiger charge is 2.21. The van der Waals surface area contributed by atoms with E-state index in [9.17, 15) is 4.79 Å². The standard InChI is InChI=1S/C10H8BrNO3S/c1-2-14-9(13)8-7(12-10(11)16-8)6-4-3-5-15-6/h3-5H,2H2,1H3. The third-order valence-electron chi connectivity index (χ3n) is 1.82. The van der Waals surface area contributed by atoms with Gasteiger partial charge in [-0.3, -0.25) is 0 Å². The first-order valence-electron chi connectivity index (χ1n) is 4.59. The average Bonchev–Trinajstić information content (AvgIpc) is 2.85. The summed E-state index contributed by atoms with van der Waals surface area (Å²) in [5.41, 5.74) is 0.514. The number of rotatable bonds is 3. The van der Waals surface area contributed by atoms with Crippen LogP contribution in [-0.2, 0) is 4.74 Å². The monoisotopic (exact) mass is 301 g/mol. The molecular formula is C10H8BrNO3S. The molecule has 2 heterocycles. The summed E-state index contributed by atoms with van der Waals surface area (Å²) in [6.45, 7) is 2.10. The minimum Gasteiger partial charge on any atom is -0.463 e. The fraction of sp³-hybridized carbons (Fsp3) is 0.200. The van der Waals surface area contributed by atoms with Crippen LogP contribution >= 0.6 is 27.3 Å². The van der Waals surface area contributed by atoms with Gasteiger partial charge in [0.2, 0.25) is 0 Å². The molecule has 0 aromatic carbocycles. The van der Waals surface area contributed by atoms with E-state index in [4.69, 9.17) is 9.15 Å². The van der Waals surface area contributed by atoms with Crippen LogP contribution in [0.15, 0.2) is 26.7 Å². The summed E-state index contributed by atoms with van der Waals surface area (Å²) in [6.07, 6.45) is 1.54. The van der Waals surface area contributed by atoms with E-state index < -0.39 is 0 Å². The summed E-state index contributed by atoms with van der Waals surface area (Å²) >= 11 is 4.48. The molecule has 0 radical (unpaired) electrons. The molecule has 0 bridgehead atoms. The molecule has 0 aliphatic heterocycles. The number of hydrogen-bond donors (Lipinski definition) is 0. The quantitative estimate of drug-likeness (QED) is 0.816. The van der Waals surface area contributed by atoms with Gasteiger partial charge >= 0.3 is 5.97 Å². The summed E-state index contributed by atoms with van der Waals surface area (Å²) < 4.78 is 10.8. The van der Waals surface area contributed by atoms with Crippen molar-refractivity contribution in [2.75, 3.05) is 6.61 Å². The topological polar surface area (TPSA) is 52.3 Å². The molecule has 4 nitrogen and oxygen atoms in total. The third kappa shape index (κ3) is 2.17. The summed E-state index contributed by atoms with van der Waals surface area (Å²) in [7, 11) is 0. The molecule has 2 aromatic heterocycles. The van der Waals surface area contributed by atoms with E-state index in [-0.39, 0.29) is 5.97 Å². The third-order valence-corrected chi connectivity index (χ3v) is 3.30. The van der Waals surface area contributed by atoms with E-state index in [1.807, 2.05) is 0 Å². The molecule has 0 saturated heterocycles. The number of ether oxygens (including phenoxy) is 1. The molecule has 84 valence electrons. The van der Waals surface area contributed by atoms with Gasteiger partial charge in [0.05, 0.1) is 12.9 Å². The number of carbonyl (C=O) groups excluding carboxylic acids is 1. The molecule has 0 atom stereocenters. The van der Waals surface area contributed by atoms with E-state index in [1.165, 1.54) is 17.6 Å². The second-order valence-electron chi connectivity index (χ2n) is 2.84. The van der Waals surface area contributed by atoms with Gasteiger partial charge in [-0.15, -0.1) is 0 Å². The molecule has 0 aliphatic carbocycles. The van der Waals surface area contributed by atoms with Crippen LogP contribution in [-0.4, -0.2) is 17.6 Å². The highest BCUT2D eigenvalue weighted by molar-refractivity contribution is 9.11. The number of carbonyl (C=O) groups is 1. The Morgan fingerprint density at radius 2 is 2.50 bits per heavy atom. The zero-order chi connectivity index (χ0) is 11.5. The van der Waals surface area contributed by atoms with E-state index in [0.29, 0.717) is 26.9 Å². The molecular weight excluding hydrogens is 294 g/mol. The summed E-state index contributed by atoms with van der Waals surface area (Å²) in [5, 5.41) is 0. The SMILES string of the molecule is CCOC(=O)c1sc(Br)nc1-c1ccco1. The number of nitrogens with zero attached hydrogens (tertiary/aromatic N) is 1. The number of halogens is 1. The Morgan fingerprint density at radius 3 is 3.12 bits per heavy atom. The second-order valence-corrected chi connectivity index (χ2v) is 5.12. The fourth-order valence-electron chi connectivity index (χ4n) is 1.21. The van der Waals surface area contributed by atoms with Crippen LogP contribution < -0.4 is 0 Å². The number of furan rings is 1. The molecule has 6 heteroatoms. The molecule has 0 N–H and O–H groups in total. The number of esters is 1. The average molecular weight is 302 g/mol. The molecule has 0 fully saturated rings. The lowest BCUT2D eigenvalue weighted by Gasteiger charge is -1.99. The first-order valence-corrected chi connectivity index (χ1v) is 6.20. The lowest BCUT2D eigenvalue weighted by atomic mass is 10.3. The van der Waals surface area contributed by atoms with Crippen molar-refractivity contribution in [3.63, 3.8) is 0 Å². The first-order chi connectivity index (χ1) is 7.72. The zero-order valence-electron chi connectivity index (χ0n) is 8.40. The number of thiazole rings is 1. The molecule has 0 spiro atoms. The van der Waals surface area contributed by atoms with Crippen molar-refractivity contribution in [2.24, 2.45) is 0 Å². The Labute approximate surface area is 104 Å². The molecule has 16 heavy (non-hydrogen) atoms. The van der Waals surface area contributed by atoms with Crippen molar-refractivity contribution in [3.05, 3.63) is 27.2 Å². The van der Waals surface area contributed by atoms with E-state index in [0.717, 1.165) is 0 Å². The van der Waals surface area contributed by atoms with Crippen LogP contribution in [0.25, 0.3) is 11.5 Å². The van der Waals surface area contributed by atoms with Gasteiger partial charge in [0.1, 0.15) is 10.6 Å². The minimum atomic E-state index is -0.378. The number of aromatic nitrogens is 1. The molecule has 0 amide bonds. The van der Waals surface area contributed by atoms with Crippen molar-refractivity contribution in [1.82, 2.24) is 4.98 Å². The Kier molecular flexibility index (Phi) is 3.40. The van der Waals surface area contributed by atoms with E-state index >= 15 is 0 Å². The lowest BCUT2D eigenvalue weighted by molar-refractivity contribution is 0.0532.